The minimum Gasteiger partial charge on any atom is -0.395 e. The van der Waals surface area contributed by atoms with Gasteiger partial charge < -0.3 is 20.4 Å². The molecule has 0 aromatic rings. The van der Waals surface area contributed by atoms with Gasteiger partial charge in [-0.2, -0.15) is 8.42 Å². The van der Waals surface area contributed by atoms with E-state index in [4.69, 9.17) is 14.8 Å². The van der Waals surface area contributed by atoms with Crippen LogP contribution in [0.5, 0.6) is 0 Å². The van der Waals surface area contributed by atoms with E-state index in [9.17, 15) is 18.6 Å². The van der Waals surface area contributed by atoms with E-state index < -0.39 is 34.2 Å². The molecule has 8 nitrogen and oxygen atoms in total. The molecular weight excluding hydrogens is 266 g/mol. The van der Waals surface area contributed by atoms with Crippen LogP contribution in [0.3, 0.4) is 0 Å². The van der Waals surface area contributed by atoms with E-state index in [1.165, 1.54) is 4.90 Å². The van der Waals surface area contributed by atoms with Crippen LogP contribution in [0, 0.1) is 0 Å². The van der Waals surface area contributed by atoms with Crippen LogP contribution < -0.4 is 0 Å². The highest BCUT2D eigenvalue weighted by Gasteiger charge is 2.30. The summed E-state index contributed by atoms with van der Waals surface area (Å²) in [4.78, 5) is 1.19. The molecule has 5 N–H and O–H groups in total. The van der Waals surface area contributed by atoms with Crippen LogP contribution in [0.1, 0.15) is 13.3 Å². The Bertz CT molecular complexity index is 317. The first kappa shape index (κ1) is 17.7. The summed E-state index contributed by atoms with van der Waals surface area (Å²) >= 11 is 0. The van der Waals surface area contributed by atoms with Crippen LogP contribution in [0.25, 0.3) is 0 Å². The van der Waals surface area contributed by atoms with E-state index in [1.807, 2.05) is 0 Å². The summed E-state index contributed by atoms with van der Waals surface area (Å²) in [6.07, 6.45) is -2.89. The fraction of sp³-hybridized carbons (Fsp3) is 1.00. The molecule has 0 aliphatic rings. The molecule has 3 atom stereocenters. The zero-order chi connectivity index (χ0) is 14.3. The Morgan fingerprint density at radius 3 is 2.11 bits per heavy atom. The molecule has 0 saturated carbocycles. The second-order valence-corrected chi connectivity index (χ2v) is 5.43. The van der Waals surface area contributed by atoms with Crippen LogP contribution in [0.4, 0.5) is 0 Å². The van der Waals surface area contributed by atoms with E-state index in [2.05, 4.69) is 0 Å². The van der Waals surface area contributed by atoms with Crippen molar-refractivity contribution < 1.29 is 33.4 Å². The van der Waals surface area contributed by atoms with Crippen LogP contribution in [-0.4, -0.2) is 82.2 Å². The molecule has 110 valence electrons. The van der Waals surface area contributed by atoms with Crippen LogP contribution in [-0.2, 0) is 10.1 Å². The second-order valence-electron chi connectivity index (χ2n) is 3.94. The van der Waals surface area contributed by atoms with Gasteiger partial charge in [0.25, 0.3) is 10.1 Å². The maximum absolute atomic E-state index is 10.6. The van der Waals surface area contributed by atoms with E-state index >= 15 is 0 Å². The lowest BCUT2D eigenvalue weighted by molar-refractivity contribution is -0.105. The van der Waals surface area contributed by atoms with Crippen molar-refractivity contribution in [2.45, 2.75) is 31.7 Å². The summed E-state index contributed by atoms with van der Waals surface area (Å²) in [6.45, 7) is 1.05. The Kier molecular flexibility index (Phi) is 7.87. The Morgan fingerprint density at radius 1 is 1.22 bits per heavy atom. The molecular formula is C9H21NO7S. The van der Waals surface area contributed by atoms with Gasteiger partial charge in [0.15, 0.2) is 0 Å². The smallest absolute Gasteiger partial charge is 0.267 e. The second kappa shape index (κ2) is 8.00. The van der Waals surface area contributed by atoms with Crippen molar-refractivity contribution >= 4 is 10.1 Å². The SMILES string of the molecule is CCC(CO)N(CCO)C(O)C(O)CS(=O)(=O)O. The Morgan fingerprint density at radius 2 is 1.78 bits per heavy atom. The van der Waals surface area contributed by atoms with Gasteiger partial charge >= 0.3 is 0 Å². The van der Waals surface area contributed by atoms with Gasteiger partial charge in [-0.05, 0) is 6.42 Å². The zero-order valence-corrected chi connectivity index (χ0v) is 11.0. The molecule has 0 rings (SSSR count). The Hall–Kier alpha value is -0.290. The zero-order valence-electron chi connectivity index (χ0n) is 10.2. The molecule has 3 unspecified atom stereocenters. The lowest BCUT2D eigenvalue weighted by Crippen LogP contribution is -2.53. The molecule has 0 aromatic carbocycles. The number of aliphatic hydroxyl groups excluding tert-OH is 4. The highest BCUT2D eigenvalue weighted by Crippen LogP contribution is 2.11. The fourth-order valence-electron chi connectivity index (χ4n) is 1.64. The third-order valence-electron chi connectivity index (χ3n) is 2.57. The minimum atomic E-state index is -4.42. The van der Waals surface area contributed by atoms with Crippen molar-refractivity contribution in [2.24, 2.45) is 0 Å². The summed E-state index contributed by atoms with van der Waals surface area (Å²) in [5, 5.41) is 37.2. The standard InChI is InChI=1S/C9H21NO7S/c1-2-7(5-12)10(3-4-11)9(14)8(13)6-18(15,16)17/h7-9,11-14H,2-6H2,1H3,(H,15,16,17). The Balaban J connectivity index is 4.78. The maximum atomic E-state index is 10.6. The van der Waals surface area contributed by atoms with Crippen molar-refractivity contribution in [3.05, 3.63) is 0 Å². The van der Waals surface area contributed by atoms with Crippen molar-refractivity contribution in [3.63, 3.8) is 0 Å². The molecule has 9 heteroatoms. The first-order valence-corrected chi connectivity index (χ1v) is 7.16. The highest BCUT2D eigenvalue weighted by molar-refractivity contribution is 7.85. The third-order valence-corrected chi connectivity index (χ3v) is 3.34. The van der Waals surface area contributed by atoms with E-state index in [1.54, 1.807) is 6.92 Å². The molecule has 0 bridgehead atoms. The fourth-order valence-corrected chi connectivity index (χ4v) is 2.24. The third kappa shape index (κ3) is 6.05. The number of hydrogen-bond acceptors (Lipinski definition) is 7. The van der Waals surface area contributed by atoms with Gasteiger partial charge in [-0.1, -0.05) is 6.92 Å². The molecule has 0 aliphatic heterocycles. The minimum absolute atomic E-state index is 0.0389. The summed E-state index contributed by atoms with van der Waals surface area (Å²) in [5.74, 6) is -1.02. The van der Waals surface area contributed by atoms with Crippen LogP contribution in [0.2, 0.25) is 0 Å². The van der Waals surface area contributed by atoms with Gasteiger partial charge in [0.05, 0.1) is 13.2 Å². The molecule has 18 heavy (non-hydrogen) atoms. The van der Waals surface area contributed by atoms with Gasteiger partial charge in [0.1, 0.15) is 18.1 Å². The van der Waals surface area contributed by atoms with Gasteiger partial charge in [-0.15, -0.1) is 0 Å². The molecule has 0 heterocycles. The molecule has 0 amide bonds. The van der Waals surface area contributed by atoms with Crippen molar-refractivity contribution in [1.82, 2.24) is 4.90 Å². The van der Waals surface area contributed by atoms with Crippen LogP contribution in [0.15, 0.2) is 0 Å². The lowest BCUT2D eigenvalue weighted by atomic mass is 10.1. The molecule has 0 aliphatic carbocycles. The highest BCUT2D eigenvalue weighted by atomic mass is 32.2. The largest absolute Gasteiger partial charge is 0.395 e. The maximum Gasteiger partial charge on any atom is 0.267 e. The first-order chi connectivity index (χ1) is 8.26. The monoisotopic (exact) mass is 287 g/mol. The number of aliphatic hydroxyl groups is 4. The van der Waals surface area contributed by atoms with Gasteiger partial charge in [-0.25, -0.2) is 0 Å². The number of nitrogens with zero attached hydrogens (tertiary/aromatic N) is 1. The normalized spacial score (nSPS) is 17.7. The molecule has 0 saturated heterocycles. The molecule has 0 aromatic heterocycles. The van der Waals surface area contributed by atoms with Gasteiger partial charge in [-0.3, -0.25) is 9.45 Å². The molecule has 0 spiro atoms. The summed E-state index contributed by atoms with van der Waals surface area (Å²) in [6, 6.07) is -0.525. The van der Waals surface area contributed by atoms with Crippen molar-refractivity contribution in [1.29, 1.82) is 0 Å². The van der Waals surface area contributed by atoms with E-state index in [0.29, 0.717) is 6.42 Å². The summed E-state index contributed by atoms with van der Waals surface area (Å²) < 4.78 is 29.8. The quantitative estimate of drug-likeness (QED) is 0.234. The van der Waals surface area contributed by atoms with E-state index in [0.717, 1.165) is 0 Å². The average molecular weight is 287 g/mol. The molecule has 0 fully saturated rings. The predicted molar refractivity (Wildman–Crippen MR) is 63.4 cm³/mol. The summed E-state index contributed by atoms with van der Waals surface area (Å²) in [5.41, 5.74) is 0. The van der Waals surface area contributed by atoms with Crippen molar-refractivity contribution in [3.8, 4) is 0 Å². The molecule has 0 radical (unpaired) electrons. The Labute approximate surface area is 106 Å². The van der Waals surface area contributed by atoms with Gasteiger partial charge in [0.2, 0.25) is 0 Å². The van der Waals surface area contributed by atoms with E-state index in [-0.39, 0.29) is 19.8 Å². The number of hydrogen-bond donors (Lipinski definition) is 5. The predicted octanol–water partition coefficient (Wildman–Crippen LogP) is -2.38. The lowest BCUT2D eigenvalue weighted by Gasteiger charge is -2.35. The average Bonchev–Trinajstić information content (AvgIpc) is 2.26. The van der Waals surface area contributed by atoms with Crippen LogP contribution >= 0.6 is 0 Å². The van der Waals surface area contributed by atoms with Gasteiger partial charge in [0, 0.05) is 12.6 Å². The topological polar surface area (TPSA) is 139 Å². The number of rotatable bonds is 9. The van der Waals surface area contributed by atoms with Crippen molar-refractivity contribution in [2.75, 3.05) is 25.5 Å². The first-order valence-electron chi connectivity index (χ1n) is 5.55. The summed E-state index contributed by atoms with van der Waals surface area (Å²) in [7, 11) is -4.42.